The first-order valence-electron chi connectivity index (χ1n) is 6.07. The molecule has 0 aliphatic carbocycles. The molecule has 1 aromatic heterocycles. The normalized spacial score (nSPS) is 37.6. The number of hydrogen-bond acceptors (Lipinski definition) is 3. The molecule has 2 N–H and O–H groups in total. The van der Waals surface area contributed by atoms with Gasteiger partial charge in [-0.25, -0.2) is 0 Å². The molecule has 2 unspecified atom stereocenters. The van der Waals surface area contributed by atoms with E-state index in [4.69, 9.17) is 0 Å². The van der Waals surface area contributed by atoms with Crippen molar-refractivity contribution in [2.24, 2.45) is 0 Å². The largest absolute Gasteiger partial charge is 0.385 e. The third-order valence-corrected chi connectivity index (χ3v) is 3.94. The molecule has 2 aliphatic rings. The summed E-state index contributed by atoms with van der Waals surface area (Å²) in [7, 11) is 0. The molecule has 3 nitrogen and oxygen atoms in total. The minimum Gasteiger partial charge on any atom is -0.385 e. The second-order valence-electron chi connectivity index (χ2n) is 5.26. The van der Waals surface area contributed by atoms with Gasteiger partial charge in [0.05, 0.1) is 5.60 Å². The molecule has 2 fully saturated rings. The van der Waals surface area contributed by atoms with E-state index < -0.39 is 5.60 Å². The lowest BCUT2D eigenvalue weighted by molar-refractivity contribution is -0.0115. The van der Waals surface area contributed by atoms with Crippen molar-refractivity contribution in [3.63, 3.8) is 0 Å². The number of hydrogen-bond donors (Lipinski definition) is 2. The summed E-state index contributed by atoms with van der Waals surface area (Å²) >= 11 is 0. The lowest BCUT2D eigenvalue weighted by Gasteiger charge is -2.37. The summed E-state index contributed by atoms with van der Waals surface area (Å²) < 4.78 is 0. The summed E-state index contributed by atoms with van der Waals surface area (Å²) in [5, 5.41) is 14.3. The van der Waals surface area contributed by atoms with Crippen molar-refractivity contribution in [1.82, 2.24) is 10.3 Å². The predicted molar refractivity (Wildman–Crippen MR) is 62.1 cm³/mol. The average Bonchev–Trinajstić information content (AvgIpc) is 2.59. The van der Waals surface area contributed by atoms with Crippen molar-refractivity contribution in [2.45, 2.75) is 50.3 Å². The molecular formula is C13H18N2O. The number of fused-ring (bicyclic) bond motifs is 2. The molecule has 0 spiro atoms. The van der Waals surface area contributed by atoms with Crippen molar-refractivity contribution in [1.29, 1.82) is 0 Å². The number of piperidine rings is 1. The lowest BCUT2D eigenvalue weighted by atomic mass is 9.82. The number of nitrogens with one attached hydrogen (secondary N) is 1. The van der Waals surface area contributed by atoms with Crippen molar-refractivity contribution in [2.75, 3.05) is 0 Å². The first kappa shape index (κ1) is 10.2. The molecule has 2 bridgehead atoms. The smallest absolute Gasteiger partial charge is 0.0927 e. The van der Waals surface area contributed by atoms with Gasteiger partial charge in [0.15, 0.2) is 0 Å². The Labute approximate surface area is 95.9 Å². The Balaban J connectivity index is 1.93. The van der Waals surface area contributed by atoms with Gasteiger partial charge in [-0.3, -0.25) is 4.98 Å². The third-order valence-electron chi connectivity index (χ3n) is 3.94. The molecule has 0 aromatic carbocycles. The first-order chi connectivity index (χ1) is 7.66. The number of pyridine rings is 1. The maximum absolute atomic E-state index is 10.8. The van der Waals surface area contributed by atoms with E-state index in [1.54, 1.807) is 6.20 Å². The van der Waals surface area contributed by atoms with E-state index in [0.717, 1.165) is 24.1 Å². The summed E-state index contributed by atoms with van der Waals surface area (Å²) in [6, 6.07) is 4.97. The highest BCUT2D eigenvalue weighted by Gasteiger charge is 2.43. The number of aliphatic hydroxyl groups is 1. The van der Waals surface area contributed by atoms with E-state index in [1.807, 2.05) is 19.1 Å². The quantitative estimate of drug-likeness (QED) is 0.750. The van der Waals surface area contributed by atoms with Gasteiger partial charge < -0.3 is 10.4 Å². The van der Waals surface area contributed by atoms with Crippen LogP contribution in [0.2, 0.25) is 0 Å². The lowest BCUT2D eigenvalue weighted by Crippen LogP contribution is -2.46. The van der Waals surface area contributed by atoms with Gasteiger partial charge in [0.2, 0.25) is 0 Å². The Morgan fingerprint density at radius 3 is 2.69 bits per heavy atom. The molecule has 2 saturated heterocycles. The van der Waals surface area contributed by atoms with Gasteiger partial charge >= 0.3 is 0 Å². The van der Waals surface area contributed by atoms with E-state index in [-0.39, 0.29) is 0 Å². The van der Waals surface area contributed by atoms with Crippen molar-refractivity contribution < 1.29 is 5.11 Å². The maximum Gasteiger partial charge on any atom is 0.0927 e. The Morgan fingerprint density at radius 2 is 2.06 bits per heavy atom. The number of aromatic nitrogens is 1. The number of rotatable bonds is 1. The fraction of sp³-hybridized carbons (Fsp3) is 0.615. The van der Waals surface area contributed by atoms with Crippen LogP contribution in [-0.2, 0) is 5.60 Å². The van der Waals surface area contributed by atoms with Gasteiger partial charge in [0.1, 0.15) is 0 Å². The summed E-state index contributed by atoms with van der Waals surface area (Å²) in [6.45, 7) is 1.97. The van der Waals surface area contributed by atoms with Crippen molar-refractivity contribution in [3.05, 3.63) is 29.6 Å². The van der Waals surface area contributed by atoms with E-state index in [1.165, 1.54) is 12.8 Å². The Bertz CT molecular complexity index is 393. The van der Waals surface area contributed by atoms with Crippen LogP contribution in [0, 0.1) is 6.92 Å². The Kier molecular flexibility index (Phi) is 2.26. The third kappa shape index (κ3) is 1.64. The average molecular weight is 218 g/mol. The van der Waals surface area contributed by atoms with Gasteiger partial charge in [-0.1, -0.05) is 0 Å². The topological polar surface area (TPSA) is 45.1 Å². The molecule has 2 aliphatic heterocycles. The van der Waals surface area contributed by atoms with E-state index in [0.29, 0.717) is 12.1 Å². The highest BCUT2D eigenvalue weighted by atomic mass is 16.3. The van der Waals surface area contributed by atoms with E-state index >= 15 is 0 Å². The minimum atomic E-state index is -0.634. The minimum absolute atomic E-state index is 0.497. The Hall–Kier alpha value is -0.930. The SMILES string of the molecule is Cc1cc(C2(O)CC3CCC(C2)N3)ccn1. The molecule has 86 valence electrons. The van der Waals surface area contributed by atoms with Crippen LogP contribution in [0.4, 0.5) is 0 Å². The van der Waals surface area contributed by atoms with Gasteiger partial charge in [-0.15, -0.1) is 0 Å². The van der Waals surface area contributed by atoms with E-state index in [2.05, 4.69) is 10.3 Å². The monoisotopic (exact) mass is 218 g/mol. The zero-order valence-corrected chi connectivity index (χ0v) is 9.61. The molecular weight excluding hydrogens is 200 g/mol. The van der Waals surface area contributed by atoms with Crippen LogP contribution >= 0.6 is 0 Å². The second-order valence-corrected chi connectivity index (χ2v) is 5.26. The van der Waals surface area contributed by atoms with Crippen LogP contribution in [0.15, 0.2) is 18.3 Å². The molecule has 3 heteroatoms. The maximum atomic E-state index is 10.8. The molecule has 0 saturated carbocycles. The summed E-state index contributed by atoms with van der Waals surface area (Å²) in [5.41, 5.74) is 1.39. The van der Waals surface area contributed by atoms with Crippen LogP contribution in [0.5, 0.6) is 0 Å². The predicted octanol–water partition coefficient (Wildman–Crippen LogP) is 1.49. The molecule has 0 amide bonds. The molecule has 16 heavy (non-hydrogen) atoms. The highest BCUT2D eigenvalue weighted by Crippen LogP contribution is 2.40. The standard InChI is InChI=1S/C13H18N2O/c1-9-6-10(4-5-14-9)13(16)7-11-2-3-12(8-13)15-11/h4-6,11-12,15-16H,2-3,7-8H2,1H3. The first-order valence-corrected chi connectivity index (χ1v) is 6.07. The second kappa shape index (κ2) is 3.54. The summed E-state index contributed by atoms with van der Waals surface area (Å²) in [5.74, 6) is 0. The van der Waals surface area contributed by atoms with Crippen LogP contribution in [0.3, 0.4) is 0 Å². The molecule has 1 aromatic rings. The van der Waals surface area contributed by atoms with Crippen LogP contribution < -0.4 is 5.32 Å². The van der Waals surface area contributed by atoms with Crippen molar-refractivity contribution in [3.8, 4) is 0 Å². The molecule has 0 radical (unpaired) electrons. The fourth-order valence-corrected chi connectivity index (χ4v) is 3.19. The number of aryl methyl sites for hydroxylation is 1. The summed E-state index contributed by atoms with van der Waals surface area (Å²) in [4.78, 5) is 4.19. The van der Waals surface area contributed by atoms with Crippen LogP contribution in [-0.4, -0.2) is 22.2 Å². The van der Waals surface area contributed by atoms with Gasteiger partial charge in [0, 0.05) is 24.0 Å². The van der Waals surface area contributed by atoms with Crippen molar-refractivity contribution >= 4 is 0 Å². The van der Waals surface area contributed by atoms with Crippen LogP contribution in [0.25, 0.3) is 0 Å². The summed E-state index contributed by atoms with van der Waals surface area (Å²) in [6.07, 6.45) is 5.89. The van der Waals surface area contributed by atoms with Gasteiger partial charge in [-0.05, 0) is 50.3 Å². The van der Waals surface area contributed by atoms with E-state index in [9.17, 15) is 5.11 Å². The zero-order valence-electron chi connectivity index (χ0n) is 9.61. The highest BCUT2D eigenvalue weighted by molar-refractivity contribution is 5.25. The zero-order chi connectivity index (χ0) is 11.2. The fourth-order valence-electron chi connectivity index (χ4n) is 3.19. The number of nitrogens with zero attached hydrogens (tertiary/aromatic N) is 1. The Morgan fingerprint density at radius 1 is 1.38 bits per heavy atom. The molecule has 3 rings (SSSR count). The molecule has 2 atom stereocenters. The van der Waals surface area contributed by atoms with Crippen LogP contribution in [0.1, 0.15) is 36.9 Å². The van der Waals surface area contributed by atoms with Gasteiger partial charge in [0.25, 0.3) is 0 Å². The molecule has 3 heterocycles. The van der Waals surface area contributed by atoms with Gasteiger partial charge in [-0.2, -0.15) is 0 Å².